The Morgan fingerprint density at radius 3 is 2.65 bits per heavy atom. The number of carboxylic acids is 1. The van der Waals surface area contributed by atoms with E-state index in [1.807, 2.05) is 0 Å². The molecule has 0 aliphatic heterocycles. The molecule has 1 fully saturated rings. The van der Waals surface area contributed by atoms with Crippen LogP contribution in [0, 0.1) is 17.3 Å². The molecule has 5 heteroatoms. The third kappa shape index (κ3) is 2.47. The first-order chi connectivity index (χ1) is 9.48. The van der Waals surface area contributed by atoms with Gasteiger partial charge in [-0.2, -0.15) is 0 Å². The Labute approximate surface area is 123 Å². The van der Waals surface area contributed by atoms with Gasteiger partial charge in [-0.05, 0) is 31.2 Å². The van der Waals surface area contributed by atoms with E-state index in [2.05, 4.69) is 19.9 Å². The molecule has 1 N–H and O–H groups in total. The monoisotopic (exact) mass is 296 g/mol. The molecule has 2 aliphatic rings. The molecule has 4 nitrogen and oxygen atoms in total. The number of aliphatic carboxylic acids is 1. The van der Waals surface area contributed by atoms with Crippen LogP contribution in [0.4, 0.5) is 0 Å². The van der Waals surface area contributed by atoms with E-state index >= 15 is 0 Å². The molecule has 0 aromatic heterocycles. The van der Waals surface area contributed by atoms with Crippen LogP contribution in [0.15, 0.2) is 11.6 Å². The zero-order chi connectivity index (χ0) is 14.9. The van der Waals surface area contributed by atoms with Gasteiger partial charge in [0.15, 0.2) is 0 Å². The van der Waals surface area contributed by atoms with E-state index in [4.69, 9.17) is 9.47 Å². The number of rotatable bonds is 7. The molecule has 0 spiro atoms. The van der Waals surface area contributed by atoms with Gasteiger partial charge in [0.05, 0.1) is 5.92 Å². The third-order valence-corrected chi connectivity index (χ3v) is 7.12. The minimum absolute atomic E-state index is 0.191. The van der Waals surface area contributed by atoms with E-state index in [9.17, 15) is 9.90 Å². The SMILES string of the molecule is CCC([Si]C(OC)OC)C12C=C(C)C(CC1C(=O)O)C2. The van der Waals surface area contributed by atoms with Crippen LogP contribution in [0.5, 0.6) is 0 Å². The Morgan fingerprint density at radius 1 is 1.55 bits per heavy atom. The maximum Gasteiger partial charge on any atom is 0.307 e. The highest BCUT2D eigenvalue weighted by atomic mass is 28.2. The van der Waals surface area contributed by atoms with Crippen LogP contribution < -0.4 is 0 Å². The van der Waals surface area contributed by atoms with Crippen molar-refractivity contribution in [2.24, 2.45) is 17.3 Å². The first kappa shape index (κ1) is 15.7. The van der Waals surface area contributed by atoms with Gasteiger partial charge in [-0.25, -0.2) is 0 Å². The molecule has 0 amide bonds. The molecule has 20 heavy (non-hydrogen) atoms. The van der Waals surface area contributed by atoms with Crippen molar-refractivity contribution in [3.63, 3.8) is 0 Å². The lowest BCUT2D eigenvalue weighted by molar-refractivity contribution is -0.144. The summed E-state index contributed by atoms with van der Waals surface area (Å²) >= 11 is 0. The smallest absolute Gasteiger partial charge is 0.307 e. The molecule has 0 aromatic carbocycles. The number of carboxylic acid groups (broad SMARTS) is 1. The van der Waals surface area contributed by atoms with Crippen molar-refractivity contribution >= 4 is 15.5 Å². The van der Waals surface area contributed by atoms with Gasteiger partial charge < -0.3 is 14.6 Å². The van der Waals surface area contributed by atoms with Crippen molar-refractivity contribution in [3.05, 3.63) is 11.6 Å². The van der Waals surface area contributed by atoms with Gasteiger partial charge >= 0.3 is 5.97 Å². The third-order valence-electron chi connectivity index (χ3n) is 5.03. The van der Waals surface area contributed by atoms with Gasteiger partial charge in [-0.1, -0.05) is 25.0 Å². The molecule has 112 valence electrons. The van der Waals surface area contributed by atoms with Gasteiger partial charge in [-0.15, -0.1) is 0 Å². The summed E-state index contributed by atoms with van der Waals surface area (Å²) in [6, 6.07) is 0. The Balaban J connectivity index is 2.27. The second-order valence-corrected chi connectivity index (χ2v) is 7.46. The molecule has 0 heterocycles. The van der Waals surface area contributed by atoms with E-state index in [0.29, 0.717) is 21.0 Å². The minimum atomic E-state index is -0.647. The fourth-order valence-corrected chi connectivity index (χ4v) is 5.62. The van der Waals surface area contributed by atoms with Crippen LogP contribution in [0.1, 0.15) is 33.1 Å². The van der Waals surface area contributed by atoms with E-state index in [0.717, 1.165) is 19.3 Å². The highest BCUT2D eigenvalue weighted by Crippen LogP contribution is 2.62. The normalized spacial score (nSPS) is 33.5. The summed E-state index contributed by atoms with van der Waals surface area (Å²) in [5.74, 6) is -0.662. The highest BCUT2D eigenvalue weighted by molar-refractivity contribution is 6.39. The second-order valence-electron chi connectivity index (χ2n) is 5.96. The number of ether oxygens (including phenoxy) is 2. The minimum Gasteiger partial charge on any atom is -0.481 e. The quantitative estimate of drug-likeness (QED) is 0.445. The molecular formula is C15H24O4Si. The molecular weight excluding hydrogens is 272 g/mol. The second kappa shape index (κ2) is 5.99. The molecule has 0 aromatic rings. The van der Waals surface area contributed by atoms with Gasteiger partial charge in [0, 0.05) is 19.6 Å². The Bertz CT molecular complexity index is 405. The largest absolute Gasteiger partial charge is 0.481 e. The summed E-state index contributed by atoms with van der Waals surface area (Å²) in [6.45, 7) is 4.28. The molecule has 4 unspecified atom stereocenters. The summed E-state index contributed by atoms with van der Waals surface area (Å²) in [4.78, 5) is 11.7. The van der Waals surface area contributed by atoms with Crippen molar-refractivity contribution in [2.45, 2.75) is 44.6 Å². The van der Waals surface area contributed by atoms with Crippen LogP contribution in [-0.2, 0) is 14.3 Å². The number of hydrogen-bond acceptors (Lipinski definition) is 3. The maximum atomic E-state index is 11.7. The molecule has 4 atom stereocenters. The summed E-state index contributed by atoms with van der Waals surface area (Å²) in [5, 5.41) is 9.59. The van der Waals surface area contributed by atoms with Gasteiger partial charge in [0.2, 0.25) is 0 Å². The molecule has 2 bridgehead atoms. The summed E-state index contributed by atoms with van der Waals surface area (Å²) in [5.41, 5.74) is 1.50. The van der Waals surface area contributed by atoms with Gasteiger partial charge in [0.25, 0.3) is 0 Å². The summed E-state index contributed by atoms with van der Waals surface area (Å²) in [6.07, 6.45) is 5.00. The van der Waals surface area contributed by atoms with Crippen LogP contribution in [0.2, 0.25) is 5.54 Å². The lowest BCUT2D eigenvalue weighted by Crippen LogP contribution is -2.39. The summed E-state index contributed by atoms with van der Waals surface area (Å²) < 4.78 is 10.7. The molecule has 0 saturated heterocycles. The average Bonchev–Trinajstić information content (AvgIpc) is 2.95. The predicted octanol–water partition coefficient (Wildman–Crippen LogP) is 2.52. The average molecular weight is 296 g/mol. The maximum absolute atomic E-state index is 11.7. The zero-order valence-electron chi connectivity index (χ0n) is 12.7. The van der Waals surface area contributed by atoms with Crippen molar-refractivity contribution in [1.82, 2.24) is 0 Å². The van der Waals surface area contributed by atoms with E-state index in [1.165, 1.54) is 5.57 Å². The molecule has 2 aliphatic carbocycles. The molecule has 1 saturated carbocycles. The van der Waals surface area contributed by atoms with E-state index < -0.39 is 5.97 Å². The predicted molar refractivity (Wildman–Crippen MR) is 77.6 cm³/mol. The lowest BCUT2D eigenvalue weighted by atomic mass is 9.73. The van der Waals surface area contributed by atoms with E-state index in [-0.39, 0.29) is 17.2 Å². The molecule has 2 radical (unpaired) electrons. The molecule has 2 rings (SSSR count). The zero-order valence-corrected chi connectivity index (χ0v) is 13.7. The first-order valence-corrected chi connectivity index (χ1v) is 8.37. The number of fused-ring (bicyclic) bond motifs is 2. The van der Waals surface area contributed by atoms with Gasteiger partial charge in [0.1, 0.15) is 15.4 Å². The number of methoxy groups -OCH3 is 2. The Kier molecular flexibility index (Phi) is 4.72. The highest BCUT2D eigenvalue weighted by Gasteiger charge is 2.57. The lowest BCUT2D eigenvalue weighted by Gasteiger charge is -2.38. The van der Waals surface area contributed by atoms with Crippen molar-refractivity contribution in [1.29, 1.82) is 0 Å². The fourth-order valence-electron chi connectivity index (χ4n) is 4.07. The Hall–Kier alpha value is -0.653. The number of hydrogen-bond donors (Lipinski definition) is 1. The fraction of sp³-hybridized carbons (Fsp3) is 0.800. The summed E-state index contributed by atoms with van der Waals surface area (Å²) in [7, 11) is 3.76. The van der Waals surface area contributed by atoms with Crippen molar-refractivity contribution in [2.75, 3.05) is 14.2 Å². The number of allylic oxidation sites excluding steroid dienone is 2. The van der Waals surface area contributed by atoms with Crippen LogP contribution in [0.25, 0.3) is 0 Å². The Morgan fingerprint density at radius 2 is 2.20 bits per heavy atom. The van der Waals surface area contributed by atoms with Gasteiger partial charge in [-0.3, -0.25) is 4.79 Å². The number of carbonyl (C=O) groups is 1. The van der Waals surface area contributed by atoms with Crippen LogP contribution in [-0.4, -0.2) is 40.7 Å². The topological polar surface area (TPSA) is 55.8 Å². The van der Waals surface area contributed by atoms with Crippen molar-refractivity contribution < 1.29 is 19.4 Å². The van der Waals surface area contributed by atoms with Crippen molar-refractivity contribution in [3.8, 4) is 0 Å². The first-order valence-electron chi connectivity index (χ1n) is 7.22. The van der Waals surface area contributed by atoms with Crippen LogP contribution in [0.3, 0.4) is 0 Å². The standard InChI is InChI=1S/C15H24O4Si/c1-5-12(20-14(18-3)19-4)15-7-9(2)10(8-15)6-11(15)13(16)17/h7,10-12,14H,5-6,8H2,1-4H3,(H,16,17). The van der Waals surface area contributed by atoms with E-state index in [1.54, 1.807) is 14.2 Å². The van der Waals surface area contributed by atoms with Crippen LogP contribution >= 0.6 is 0 Å².